The Kier molecular flexibility index (Phi) is 8.75. The average molecular weight is 588 g/mol. The van der Waals surface area contributed by atoms with Gasteiger partial charge in [-0.25, -0.2) is 0 Å². The van der Waals surface area contributed by atoms with Crippen LogP contribution in [0.1, 0.15) is 11.1 Å². The number of nitro benzene ring substituents is 1. The molecule has 10 nitrogen and oxygen atoms in total. The van der Waals surface area contributed by atoms with Crippen molar-refractivity contribution in [2.24, 2.45) is 0 Å². The molecular weight excluding hydrogens is 569 g/mol. The molecule has 4 rings (SSSR count). The molecule has 0 unspecified atom stereocenters. The predicted octanol–water partition coefficient (Wildman–Crippen LogP) is 6.16. The van der Waals surface area contributed by atoms with Gasteiger partial charge in [0.1, 0.15) is 0 Å². The number of amides is 3. The second-order valence-corrected chi connectivity index (χ2v) is 9.85. The number of thioether (sulfide) groups is 1. The highest BCUT2D eigenvalue weighted by atomic mass is 35.5. The van der Waals surface area contributed by atoms with Crippen LogP contribution >= 0.6 is 35.0 Å². The fourth-order valence-electron chi connectivity index (χ4n) is 3.54. The van der Waals surface area contributed by atoms with Crippen LogP contribution in [0.2, 0.25) is 10.0 Å². The van der Waals surface area contributed by atoms with Gasteiger partial charge in [0.05, 0.1) is 39.2 Å². The zero-order valence-corrected chi connectivity index (χ0v) is 22.5. The summed E-state index contributed by atoms with van der Waals surface area (Å²) in [4.78, 5) is 49.3. The van der Waals surface area contributed by atoms with E-state index in [1.807, 2.05) is 0 Å². The van der Waals surface area contributed by atoms with E-state index in [-0.39, 0.29) is 40.3 Å². The Hall–Kier alpha value is -4.06. The molecular formula is C26H19Cl2N3O7S. The Morgan fingerprint density at radius 1 is 1.10 bits per heavy atom. The molecule has 0 radical (unpaired) electrons. The third kappa shape index (κ3) is 6.69. The summed E-state index contributed by atoms with van der Waals surface area (Å²) < 4.78 is 11.0. The van der Waals surface area contributed by atoms with Gasteiger partial charge in [-0.05, 0) is 53.2 Å². The standard InChI is InChI=1S/C26H19Cl2N3O7S/c1-37-21-11-16(10-19(28)24(21)38-14-23(32)29-20-5-3-2-4-18(20)27)12-22-25(33)30(26(34)39-22)13-15-6-8-17(9-7-15)31(35)36/h2-12H,13-14H2,1H3,(H,29,32)/b22-12-. The molecule has 1 heterocycles. The maximum absolute atomic E-state index is 12.9. The van der Waals surface area contributed by atoms with Crippen LogP contribution in [0.3, 0.4) is 0 Å². The highest BCUT2D eigenvalue weighted by Crippen LogP contribution is 2.39. The van der Waals surface area contributed by atoms with E-state index < -0.39 is 22.0 Å². The first-order valence-electron chi connectivity index (χ1n) is 11.2. The van der Waals surface area contributed by atoms with E-state index in [0.717, 1.165) is 16.7 Å². The number of rotatable bonds is 9. The number of non-ortho nitro benzene ring substituents is 1. The largest absolute Gasteiger partial charge is 0.493 e. The minimum absolute atomic E-state index is 0.0346. The highest BCUT2D eigenvalue weighted by molar-refractivity contribution is 8.18. The number of imide groups is 1. The first-order valence-corrected chi connectivity index (χ1v) is 12.8. The summed E-state index contributed by atoms with van der Waals surface area (Å²) in [5.41, 5.74) is 1.37. The SMILES string of the molecule is COc1cc(/C=C2\SC(=O)N(Cc3ccc([N+](=O)[O-])cc3)C2=O)cc(Cl)c1OCC(=O)Nc1ccccc1Cl. The lowest BCUT2D eigenvalue weighted by Crippen LogP contribution is -2.27. The van der Waals surface area contributed by atoms with Gasteiger partial charge in [-0.2, -0.15) is 0 Å². The Bertz CT molecular complexity index is 1500. The number of nitrogens with zero attached hydrogens (tertiary/aromatic N) is 2. The van der Waals surface area contributed by atoms with Crippen LogP contribution in [0.25, 0.3) is 6.08 Å². The molecule has 1 aliphatic heterocycles. The number of nitrogens with one attached hydrogen (secondary N) is 1. The number of halogens is 2. The van der Waals surface area contributed by atoms with Crippen molar-refractivity contribution in [1.82, 2.24) is 4.90 Å². The lowest BCUT2D eigenvalue weighted by Gasteiger charge is -2.14. The molecule has 13 heteroatoms. The number of benzene rings is 3. The van der Waals surface area contributed by atoms with Crippen molar-refractivity contribution in [2.45, 2.75) is 6.54 Å². The van der Waals surface area contributed by atoms with Gasteiger partial charge < -0.3 is 14.8 Å². The van der Waals surface area contributed by atoms with E-state index in [9.17, 15) is 24.5 Å². The van der Waals surface area contributed by atoms with E-state index in [1.54, 1.807) is 30.3 Å². The van der Waals surface area contributed by atoms with Crippen molar-refractivity contribution in [3.8, 4) is 11.5 Å². The summed E-state index contributed by atoms with van der Waals surface area (Å²) >= 11 is 13.2. The van der Waals surface area contributed by atoms with Crippen molar-refractivity contribution in [1.29, 1.82) is 0 Å². The second kappa shape index (κ2) is 12.2. The average Bonchev–Trinajstić information content (AvgIpc) is 3.16. The molecule has 1 N–H and O–H groups in total. The minimum atomic E-state index is -0.530. The smallest absolute Gasteiger partial charge is 0.293 e. The van der Waals surface area contributed by atoms with E-state index in [4.69, 9.17) is 32.7 Å². The zero-order chi connectivity index (χ0) is 28.1. The van der Waals surface area contributed by atoms with Crippen LogP contribution in [-0.2, 0) is 16.1 Å². The molecule has 0 aromatic heterocycles. The molecule has 200 valence electrons. The zero-order valence-electron chi connectivity index (χ0n) is 20.2. The van der Waals surface area contributed by atoms with Crippen molar-refractivity contribution < 1.29 is 28.8 Å². The molecule has 1 saturated heterocycles. The summed E-state index contributed by atoms with van der Waals surface area (Å²) in [6, 6.07) is 15.4. The van der Waals surface area contributed by atoms with Gasteiger partial charge in [-0.15, -0.1) is 0 Å². The maximum atomic E-state index is 12.9. The van der Waals surface area contributed by atoms with Gasteiger partial charge in [0.15, 0.2) is 18.1 Å². The Labute approximate surface area is 236 Å². The number of carbonyl (C=O) groups is 3. The number of ether oxygens (including phenoxy) is 2. The molecule has 39 heavy (non-hydrogen) atoms. The summed E-state index contributed by atoms with van der Waals surface area (Å²) in [5, 5.41) is 13.5. The summed E-state index contributed by atoms with van der Waals surface area (Å²) in [7, 11) is 1.39. The highest BCUT2D eigenvalue weighted by Gasteiger charge is 2.35. The van der Waals surface area contributed by atoms with Crippen LogP contribution in [0, 0.1) is 10.1 Å². The fraction of sp³-hybridized carbons (Fsp3) is 0.115. The summed E-state index contributed by atoms with van der Waals surface area (Å²) in [6.45, 7) is -0.407. The molecule has 0 bridgehead atoms. The number of methoxy groups -OCH3 is 1. The molecule has 3 amide bonds. The van der Waals surface area contributed by atoms with Crippen molar-refractivity contribution in [3.63, 3.8) is 0 Å². The molecule has 3 aromatic rings. The number of hydrogen-bond acceptors (Lipinski definition) is 8. The Morgan fingerprint density at radius 3 is 2.49 bits per heavy atom. The monoisotopic (exact) mass is 587 g/mol. The molecule has 0 spiro atoms. The van der Waals surface area contributed by atoms with E-state index in [0.29, 0.717) is 21.8 Å². The van der Waals surface area contributed by atoms with Gasteiger partial charge in [-0.3, -0.25) is 29.4 Å². The number of nitro groups is 1. The van der Waals surface area contributed by atoms with Gasteiger partial charge >= 0.3 is 0 Å². The van der Waals surface area contributed by atoms with Crippen LogP contribution in [-0.4, -0.2) is 40.6 Å². The Balaban J connectivity index is 1.46. The van der Waals surface area contributed by atoms with E-state index in [2.05, 4.69) is 5.32 Å². The predicted molar refractivity (Wildman–Crippen MR) is 148 cm³/mol. The van der Waals surface area contributed by atoms with Crippen LogP contribution < -0.4 is 14.8 Å². The second-order valence-electron chi connectivity index (χ2n) is 8.04. The number of para-hydroxylation sites is 1. The van der Waals surface area contributed by atoms with Crippen molar-refractivity contribution in [3.05, 3.63) is 96.9 Å². The topological polar surface area (TPSA) is 128 Å². The van der Waals surface area contributed by atoms with Gasteiger partial charge in [-0.1, -0.05) is 47.5 Å². The lowest BCUT2D eigenvalue weighted by atomic mass is 10.1. The number of hydrogen-bond donors (Lipinski definition) is 1. The first kappa shape index (κ1) is 28.0. The summed E-state index contributed by atoms with van der Waals surface area (Å²) in [5.74, 6) is -0.650. The minimum Gasteiger partial charge on any atom is -0.493 e. The molecule has 0 aliphatic carbocycles. The van der Waals surface area contributed by atoms with Crippen molar-refractivity contribution in [2.75, 3.05) is 19.0 Å². The molecule has 0 saturated carbocycles. The number of anilines is 1. The fourth-order valence-corrected chi connectivity index (χ4v) is 4.84. The third-order valence-electron chi connectivity index (χ3n) is 5.41. The third-order valence-corrected chi connectivity index (χ3v) is 6.92. The van der Waals surface area contributed by atoms with Crippen LogP contribution in [0.5, 0.6) is 11.5 Å². The maximum Gasteiger partial charge on any atom is 0.293 e. The van der Waals surface area contributed by atoms with Gasteiger partial charge in [0.25, 0.3) is 22.7 Å². The quantitative estimate of drug-likeness (QED) is 0.179. The van der Waals surface area contributed by atoms with Gasteiger partial charge in [0.2, 0.25) is 0 Å². The molecule has 1 fully saturated rings. The normalized spacial score (nSPS) is 14.0. The van der Waals surface area contributed by atoms with E-state index in [1.165, 1.54) is 43.5 Å². The first-order chi connectivity index (χ1) is 18.7. The van der Waals surface area contributed by atoms with Gasteiger partial charge in [0, 0.05) is 12.1 Å². The van der Waals surface area contributed by atoms with Crippen molar-refractivity contribution >= 4 is 69.5 Å². The lowest BCUT2D eigenvalue weighted by molar-refractivity contribution is -0.384. The molecule has 1 aliphatic rings. The molecule has 3 aromatic carbocycles. The van der Waals surface area contributed by atoms with Crippen LogP contribution in [0.4, 0.5) is 16.2 Å². The summed E-state index contributed by atoms with van der Waals surface area (Å²) in [6.07, 6.45) is 1.49. The van der Waals surface area contributed by atoms with E-state index >= 15 is 0 Å². The molecule has 0 atom stereocenters. The Morgan fingerprint density at radius 2 is 1.82 bits per heavy atom. The number of carbonyl (C=O) groups excluding carboxylic acids is 3. The van der Waals surface area contributed by atoms with Crippen LogP contribution in [0.15, 0.2) is 65.6 Å².